The van der Waals surface area contributed by atoms with Gasteiger partial charge >= 0.3 is 12.1 Å². The quantitative estimate of drug-likeness (QED) is 0.660. The summed E-state index contributed by atoms with van der Waals surface area (Å²) >= 11 is 0.768. The van der Waals surface area contributed by atoms with Crippen molar-refractivity contribution in [3.8, 4) is 0 Å². The Kier molecular flexibility index (Phi) is 4.78. The van der Waals surface area contributed by atoms with Crippen molar-refractivity contribution in [3.63, 3.8) is 0 Å². The summed E-state index contributed by atoms with van der Waals surface area (Å²) in [6.45, 7) is 1.65. The van der Waals surface area contributed by atoms with Crippen LogP contribution in [0.15, 0.2) is 27.3 Å². The summed E-state index contributed by atoms with van der Waals surface area (Å²) in [6.07, 6.45) is -3.34. The van der Waals surface area contributed by atoms with E-state index >= 15 is 0 Å². The van der Waals surface area contributed by atoms with Gasteiger partial charge in [0.2, 0.25) is 15.8 Å². The summed E-state index contributed by atoms with van der Waals surface area (Å²) < 4.78 is 74.1. The topological polar surface area (TPSA) is 136 Å². The standard InChI is InChI=1S/C16H14F3N3O6S2/c1-7-4-10(27-20-7)8-6-15(8,14(23)24)22-30(25,26)13-3-2-11(29-13)9-5-12(28-21-9)16(17,18)19/h2,4-5,8,13,22H,3,6H2,1H3,(H,23,24). The first-order valence-corrected chi connectivity index (χ1v) is 11.0. The first-order valence-electron chi connectivity index (χ1n) is 8.53. The number of thioether (sulfide) groups is 1. The van der Waals surface area contributed by atoms with Crippen molar-refractivity contribution < 1.29 is 40.5 Å². The molecule has 162 valence electrons. The highest BCUT2D eigenvalue weighted by molar-refractivity contribution is 8.18. The lowest BCUT2D eigenvalue weighted by molar-refractivity contribution is -0.155. The fraction of sp³-hybridized carbons (Fsp3) is 0.438. The Morgan fingerprint density at radius 3 is 2.63 bits per heavy atom. The molecule has 1 aliphatic carbocycles. The molecular formula is C16H14F3N3O6S2. The molecule has 9 nitrogen and oxygen atoms in total. The van der Waals surface area contributed by atoms with E-state index in [9.17, 15) is 31.5 Å². The number of halogens is 3. The van der Waals surface area contributed by atoms with E-state index in [0.29, 0.717) is 11.8 Å². The number of hydrogen-bond acceptors (Lipinski definition) is 8. The second kappa shape index (κ2) is 6.85. The number of carboxylic acid groups (broad SMARTS) is 1. The molecule has 2 aromatic heterocycles. The van der Waals surface area contributed by atoms with Gasteiger partial charge in [0, 0.05) is 17.0 Å². The lowest BCUT2D eigenvalue weighted by Crippen LogP contribution is -2.47. The monoisotopic (exact) mass is 465 g/mol. The molecule has 2 aromatic rings. The number of carboxylic acids is 1. The van der Waals surface area contributed by atoms with Gasteiger partial charge in [0.25, 0.3) is 0 Å². The second-order valence-electron chi connectivity index (χ2n) is 6.98. The number of allylic oxidation sites excluding steroid dienone is 1. The summed E-state index contributed by atoms with van der Waals surface area (Å²) in [7, 11) is -4.16. The van der Waals surface area contributed by atoms with Crippen molar-refractivity contribution in [2.75, 3.05) is 0 Å². The Bertz CT molecular complexity index is 1140. The molecule has 0 bridgehead atoms. The van der Waals surface area contributed by atoms with E-state index < -0.39 is 44.0 Å². The minimum absolute atomic E-state index is 0.00784. The summed E-state index contributed by atoms with van der Waals surface area (Å²) in [4.78, 5) is 12.0. The van der Waals surface area contributed by atoms with Gasteiger partial charge in [0.05, 0.1) is 11.6 Å². The van der Waals surface area contributed by atoms with Crippen molar-refractivity contribution >= 4 is 32.7 Å². The summed E-state index contributed by atoms with van der Waals surface area (Å²) in [5.74, 6) is -3.10. The van der Waals surface area contributed by atoms with Gasteiger partial charge in [-0.2, -0.15) is 17.9 Å². The van der Waals surface area contributed by atoms with E-state index in [0.717, 1.165) is 11.8 Å². The summed E-state index contributed by atoms with van der Waals surface area (Å²) in [5, 5.41) is 16.6. The van der Waals surface area contributed by atoms with E-state index in [4.69, 9.17) is 4.52 Å². The van der Waals surface area contributed by atoms with Crippen LogP contribution in [0.25, 0.3) is 4.91 Å². The van der Waals surface area contributed by atoms with Crippen LogP contribution in [-0.2, 0) is 21.0 Å². The van der Waals surface area contributed by atoms with Gasteiger partial charge in [0.1, 0.15) is 21.6 Å². The van der Waals surface area contributed by atoms with Crippen LogP contribution in [0, 0.1) is 6.92 Å². The van der Waals surface area contributed by atoms with Gasteiger partial charge in [-0.05, 0) is 19.8 Å². The molecule has 0 radical (unpaired) electrons. The Hall–Kier alpha value is -2.32. The number of aliphatic carboxylic acids is 1. The number of rotatable bonds is 6. The predicted molar refractivity (Wildman–Crippen MR) is 96.5 cm³/mol. The molecule has 0 saturated heterocycles. The first-order chi connectivity index (χ1) is 13.9. The van der Waals surface area contributed by atoms with Crippen molar-refractivity contribution in [2.24, 2.45) is 0 Å². The molecular weight excluding hydrogens is 451 g/mol. The minimum atomic E-state index is -4.71. The Morgan fingerprint density at radius 1 is 1.33 bits per heavy atom. The number of alkyl halides is 3. The van der Waals surface area contributed by atoms with E-state index in [1.807, 2.05) is 0 Å². The third kappa shape index (κ3) is 3.63. The second-order valence-corrected chi connectivity index (χ2v) is 10.4. The molecule has 30 heavy (non-hydrogen) atoms. The number of nitrogens with zero attached hydrogens (tertiary/aromatic N) is 2. The number of hydrogen-bond donors (Lipinski definition) is 2. The summed E-state index contributed by atoms with van der Waals surface area (Å²) in [5.41, 5.74) is -1.37. The van der Waals surface area contributed by atoms with Crippen molar-refractivity contribution in [1.82, 2.24) is 15.0 Å². The zero-order valence-corrected chi connectivity index (χ0v) is 16.8. The maximum Gasteiger partial charge on any atom is 0.452 e. The number of aryl methyl sites for hydroxylation is 1. The van der Waals surface area contributed by atoms with Gasteiger partial charge in [-0.3, -0.25) is 4.79 Å². The Morgan fingerprint density at radius 2 is 2.07 bits per heavy atom. The highest BCUT2D eigenvalue weighted by Crippen LogP contribution is 2.53. The van der Waals surface area contributed by atoms with Gasteiger partial charge in [-0.15, -0.1) is 11.8 Å². The van der Waals surface area contributed by atoms with Crippen LogP contribution < -0.4 is 4.72 Å². The van der Waals surface area contributed by atoms with Gasteiger partial charge in [-0.1, -0.05) is 16.4 Å². The maximum absolute atomic E-state index is 12.8. The number of aromatic nitrogens is 2. The molecule has 1 fully saturated rings. The minimum Gasteiger partial charge on any atom is -0.480 e. The van der Waals surface area contributed by atoms with Crippen LogP contribution in [0.5, 0.6) is 0 Å². The molecule has 3 atom stereocenters. The average molecular weight is 465 g/mol. The molecule has 0 spiro atoms. The Labute approximate surface area is 171 Å². The van der Waals surface area contributed by atoms with Crippen LogP contribution in [-0.4, -0.2) is 39.9 Å². The van der Waals surface area contributed by atoms with Crippen LogP contribution >= 0.6 is 11.8 Å². The highest BCUT2D eigenvalue weighted by Gasteiger charge is 2.65. The Balaban J connectivity index is 1.48. The van der Waals surface area contributed by atoms with Crippen molar-refractivity contribution in [3.05, 3.63) is 41.1 Å². The fourth-order valence-corrected chi connectivity index (χ4v) is 6.34. The normalized spacial score (nSPS) is 26.6. The third-order valence-corrected chi connectivity index (χ3v) is 8.47. The smallest absolute Gasteiger partial charge is 0.452 e. The van der Waals surface area contributed by atoms with Crippen LogP contribution in [0.4, 0.5) is 13.2 Å². The zero-order valence-electron chi connectivity index (χ0n) is 15.1. The fourth-order valence-electron chi connectivity index (χ4n) is 3.19. The van der Waals surface area contributed by atoms with Crippen LogP contribution in [0.3, 0.4) is 0 Å². The molecule has 0 aromatic carbocycles. The molecule has 0 amide bonds. The average Bonchev–Trinajstić information content (AvgIpc) is 3.12. The summed E-state index contributed by atoms with van der Waals surface area (Å²) in [6, 6.07) is 2.22. The van der Waals surface area contributed by atoms with Crippen LogP contribution in [0.2, 0.25) is 0 Å². The molecule has 3 unspecified atom stereocenters. The molecule has 2 aliphatic rings. The van der Waals surface area contributed by atoms with E-state index in [-0.39, 0.29) is 29.2 Å². The highest BCUT2D eigenvalue weighted by atomic mass is 32.3. The number of nitrogens with one attached hydrogen (secondary N) is 1. The predicted octanol–water partition coefficient (Wildman–Crippen LogP) is 2.72. The molecule has 1 saturated carbocycles. The molecule has 1 aliphatic heterocycles. The maximum atomic E-state index is 12.8. The van der Waals surface area contributed by atoms with E-state index in [1.165, 1.54) is 12.1 Å². The van der Waals surface area contributed by atoms with Gasteiger partial charge in [0.15, 0.2) is 0 Å². The molecule has 3 heterocycles. The molecule has 2 N–H and O–H groups in total. The SMILES string of the molecule is Cc1cc(C2CC2(NS(=O)(=O)C2CC=C(c3cc(C(F)(F)F)on3)S2)C(=O)O)on1. The largest absolute Gasteiger partial charge is 0.480 e. The lowest BCUT2D eigenvalue weighted by atomic mass is 10.2. The number of sulfonamides is 1. The first kappa shape index (κ1) is 20.9. The van der Waals surface area contributed by atoms with Crippen molar-refractivity contribution in [1.29, 1.82) is 0 Å². The van der Waals surface area contributed by atoms with E-state index in [2.05, 4.69) is 19.6 Å². The molecule has 14 heteroatoms. The van der Waals surface area contributed by atoms with Crippen molar-refractivity contribution in [2.45, 2.75) is 42.0 Å². The van der Waals surface area contributed by atoms with Crippen LogP contribution in [0.1, 0.15) is 41.7 Å². The van der Waals surface area contributed by atoms with E-state index in [1.54, 1.807) is 6.92 Å². The van der Waals surface area contributed by atoms with Gasteiger partial charge < -0.3 is 14.2 Å². The third-order valence-electron chi connectivity index (χ3n) is 4.80. The lowest BCUT2D eigenvalue weighted by Gasteiger charge is -2.18. The zero-order chi connectivity index (χ0) is 21.9. The van der Waals surface area contributed by atoms with Gasteiger partial charge in [-0.25, -0.2) is 8.42 Å². The molecule has 4 rings (SSSR count). The number of carbonyl (C=O) groups is 1.